The molecule has 1 amide bonds. The van der Waals surface area contributed by atoms with Gasteiger partial charge in [-0.15, -0.1) is 0 Å². The summed E-state index contributed by atoms with van der Waals surface area (Å²) in [5.41, 5.74) is 0. The Balaban J connectivity index is 3.39. The maximum absolute atomic E-state index is 12.4. The van der Waals surface area contributed by atoms with Crippen molar-refractivity contribution in [3.8, 4) is 0 Å². The van der Waals surface area contributed by atoms with Crippen LogP contribution in [0.4, 0.5) is 0 Å². The Hall–Kier alpha value is -1.66. The predicted octanol–water partition coefficient (Wildman–Crippen LogP) is 16.7. The standard InChI is InChI=1S/C56H107NO5/c1-3-5-7-9-11-13-14-26-30-34-38-42-46-50-56(61)62-51-47-43-39-35-31-28-25-23-21-19-17-15-16-18-20-22-24-27-29-33-37-41-45-49-55(60)57-53(52-58)54(59)48-44-40-36-32-12-10-8-6-4-2/h18,20,44,48,53-54,58-59H,3-17,19,21-43,45-47,49-52H2,1-2H3,(H,57,60)/b20-18-,48-44+. The molecule has 0 saturated heterocycles. The molecule has 0 aromatic carbocycles. The largest absolute Gasteiger partial charge is 0.466 e. The summed E-state index contributed by atoms with van der Waals surface area (Å²) in [5.74, 6) is -0.0647. The summed E-state index contributed by atoms with van der Waals surface area (Å²) in [7, 11) is 0. The third-order valence-corrected chi connectivity index (χ3v) is 12.7. The minimum Gasteiger partial charge on any atom is -0.466 e. The number of carbonyl (C=O) groups is 2. The van der Waals surface area contributed by atoms with Crippen molar-refractivity contribution in [2.24, 2.45) is 0 Å². The van der Waals surface area contributed by atoms with Gasteiger partial charge in [0.25, 0.3) is 0 Å². The predicted molar refractivity (Wildman–Crippen MR) is 269 cm³/mol. The maximum atomic E-state index is 12.4. The first-order valence-corrected chi connectivity index (χ1v) is 27.6. The minimum absolute atomic E-state index is 0.0122. The van der Waals surface area contributed by atoms with Gasteiger partial charge < -0.3 is 20.3 Å². The lowest BCUT2D eigenvalue weighted by molar-refractivity contribution is -0.143. The molecular weight excluding hydrogens is 767 g/mol. The van der Waals surface area contributed by atoms with E-state index in [0.29, 0.717) is 19.4 Å². The number of rotatable bonds is 51. The van der Waals surface area contributed by atoms with Gasteiger partial charge in [-0.2, -0.15) is 0 Å². The van der Waals surface area contributed by atoms with Crippen LogP contribution in [0.5, 0.6) is 0 Å². The number of hydrogen-bond acceptors (Lipinski definition) is 5. The fourth-order valence-corrected chi connectivity index (χ4v) is 8.45. The summed E-state index contributed by atoms with van der Waals surface area (Å²) in [6.45, 7) is 4.88. The zero-order chi connectivity index (χ0) is 45.1. The van der Waals surface area contributed by atoms with Crippen LogP contribution in [-0.4, -0.2) is 47.4 Å². The normalized spacial score (nSPS) is 12.8. The third kappa shape index (κ3) is 47.8. The summed E-state index contributed by atoms with van der Waals surface area (Å²) in [6.07, 6.45) is 62.1. The number of amides is 1. The van der Waals surface area contributed by atoms with Gasteiger partial charge in [-0.25, -0.2) is 0 Å². The number of esters is 1. The molecule has 366 valence electrons. The van der Waals surface area contributed by atoms with Crippen molar-refractivity contribution in [2.45, 2.75) is 309 Å². The summed E-state index contributed by atoms with van der Waals surface area (Å²) < 4.78 is 5.47. The topological polar surface area (TPSA) is 95.9 Å². The first-order valence-electron chi connectivity index (χ1n) is 27.6. The number of allylic oxidation sites excluding steroid dienone is 3. The Kier molecular flexibility index (Phi) is 50.6. The maximum Gasteiger partial charge on any atom is 0.305 e. The van der Waals surface area contributed by atoms with Gasteiger partial charge in [-0.3, -0.25) is 9.59 Å². The highest BCUT2D eigenvalue weighted by molar-refractivity contribution is 5.76. The number of aliphatic hydroxyl groups excluding tert-OH is 2. The average Bonchev–Trinajstić information content (AvgIpc) is 3.27. The lowest BCUT2D eigenvalue weighted by atomic mass is 10.0. The van der Waals surface area contributed by atoms with Crippen LogP contribution in [0.1, 0.15) is 296 Å². The van der Waals surface area contributed by atoms with E-state index in [1.807, 2.05) is 6.08 Å². The number of carbonyl (C=O) groups excluding carboxylic acids is 2. The van der Waals surface area contributed by atoms with E-state index in [-0.39, 0.29) is 18.5 Å². The van der Waals surface area contributed by atoms with Crippen molar-refractivity contribution >= 4 is 11.9 Å². The molecule has 0 aliphatic rings. The molecule has 0 aromatic rings. The first-order chi connectivity index (χ1) is 30.5. The average molecular weight is 874 g/mol. The zero-order valence-electron chi connectivity index (χ0n) is 41.6. The van der Waals surface area contributed by atoms with E-state index in [1.54, 1.807) is 6.08 Å². The van der Waals surface area contributed by atoms with Crippen LogP contribution in [0.25, 0.3) is 0 Å². The quantitative estimate of drug-likeness (QED) is 0.0321. The SMILES string of the molecule is CCCCCCCCC/C=C/C(O)C(CO)NC(=O)CCCCCCCCC/C=C\CCCCCCCCCCCCCCOC(=O)CCCCCCCCCCCCCCC. The van der Waals surface area contributed by atoms with Gasteiger partial charge in [0.1, 0.15) is 0 Å². The molecular formula is C56H107NO5. The summed E-state index contributed by atoms with van der Waals surface area (Å²) in [4.78, 5) is 24.4. The van der Waals surface area contributed by atoms with Crippen molar-refractivity contribution in [2.75, 3.05) is 13.2 Å². The fourth-order valence-electron chi connectivity index (χ4n) is 8.45. The van der Waals surface area contributed by atoms with Crippen molar-refractivity contribution in [3.63, 3.8) is 0 Å². The number of unbranched alkanes of at least 4 members (excludes halogenated alkanes) is 38. The van der Waals surface area contributed by atoms with E-state index in [1.165, 1.54) is 225 Å². The van der Waals surface area contributed by atoms with E-state index >= 15 is 0 Å². The monoisotopic (exact) mass is 874 g/mol. The van der Waals surface area contributed by atoms with Gasteiger partial charge in [-0.1, -0.05) is 250 Å². The molecule has 62 heavy (non-hydrogen) atoms. The molecule has 2 atom stereocenters. The van der Waals surface area contributed by atoms with Crippen LogP contribution < -0.4 is 5.32 Å². The molecule has 0 bridgehead atoms. The molecule has 0 radical (unpaired) electrons. The molecule has 6 heteroatoms. The van der Waals surface area contributed by atoms with Crippen molar-refractivity contribution in [3.05, 3.63) is 24.3 Å². The Labute approximate surface area is 386 Å². The highest BCUT2D eigenvalue weighted by Crippen LogP contribution is 2.16. The molecule has 0 aromatic heterocycles. The van der Waals surface area contributed by atoms with Crippen molar-refractivity contribution < 1.29 is 24.5 Å². The van der Waals surface area contributed by atoms with Crippen LogP contribution in [0.3, 0.4) is 0 Å². The van der Waals surface area contributed by atoms with Gasteiger partial charge >= 0.3 is 5.97 Å². The highest BCUT2D eigenvalue weighted by Gasteiger charge is 2.18. The van der Waals surface area contributed by atoms with E-state index < -0.39 is 12.1 Å². The third-order valence-electron chi connectivity index (χ3n) is 12.7. The van der Waals surface area contributed by atoms with Gasteiger partial charge in [0.05, 0.1) is 25.4 Å². The molecule has 3 N–H and O–H groups in total. The Morgan fingerprint density at radius 2 is 0.758 bits per heavy atom. The van der Waals surface area contributed by atoms with Gasteiger partial charge in [0, 0.05) is 12.8 Å². The molecule has 0 spiro atoms. The van der Waals surface area contributed by atoms with Crippen LogP contribution >= 0.6 is 0 Å². The number of ether oxygens (including phenoxy) is 1. The smallest absolute Gasteiger partial charge is 0.305 e. The van der Waals surface area contributed by atoms with Gasteiger partial charge in [-0.05, 0) is 57.8 Å². The van der Waals surface area contributed by atoms with E-state index in [9.17, 15) is 19.8 Å². The second kappa shape index (κ2) is 52.0. The van der Waals surface area contributed by atoms with E-state index in [4.69, 9.17) is 4.74 Å². The van der Waals surface area contributed by atoms with Crippen molar-refractivity contribution in [1.29, 1.82) is 0 Å². The van der Waals surface area contributed by atoms with Gasteiger partial charge in [0.2, 0.25) is 5.91 Å². The summed E-state index contributed by atoms with van der Waals surface area (Å²) >= 11 is 0. The van der Waals surface area contributed by atoms with Crippen LogP contribution in [0, 0.1) is 0 Å². The minimum atomic E-state index is -0.845. The second-order valence-corrected chi connectivity index (χ2v) is 18.9. The molecule has 0 aliphatic carbocycles. The Morgan fingerprint density at radius 1 is 0.435 bits per heavy atom. The van der Waals surface area contributed by atoms with Gasteiger partial charge in [0.15, 0.2) is 0 Å². The molecule has 6 nitrogen and oxygen atoms in total. The van der Waals surface area contributed by atoms with E-state index in [0.717, 1.165) is 44.9 Å². The Bertz CT molecular complexity index is 966. The highest BCUT2D eigenvalue weighted by atomic mass is 16.5. The first kappa shape index (κ1) is 60.3. The summed E-state index contributed by atoms with van der Waals surface area (Å²) in [6, 6.07) is -0.629. The van der Waals surface area contributed by atoms with Crippen LogP contribution in [0.2, 0.25) is 0 Å². The molecule has 0 heterocycles. The number of hydrogen-bond donors (Lipinski definition) is 3. The lowest BCUT2D eigenvalue weighted by Gasteiger charge is -2.20. The fraction of sp³-hybridized carbons (Fsp3) is 0.893. The zero-order valence-corrected chi connectivity index (χ0v) is 41.6. The number of aliphatic hydroxyl groups is 2. The molecule has 0 saturated carbocycles. The second-order valence-electron chi connectivity index (χ2n) is 18.9. The molecule has 0 aliphatic heterocycles. The summed E-state index contributed by atoms with van der Waals surface area (Å²) in [5, 5.41) is 22.9. The van der Waals surface area contributed by atoms with Crippen LogP contribution in [0.15, 0.2) is 24.3 Å². The molecule has 0 fully saturated rings. The van der Waals surface area contributed by atoms with Crippen LogP contribution in [-0.2, 0) is 14.3 Å². The molecule has 2 unspecified atom stereocenters. The number of nitrogens with one attached hydrogen (secondary N) is 1. The molecule has 0 rings (SSSR count). The lowest BCUT2D eigenvalue weighted by Crippen LogP contribution is -2.45. The van der Waals surface area contributed by atoms with Crippen molar-refractivity contribution in [1.82, 2.24) is 5.32 Å². The van der Waals surface area contributed by atoms with E-state index in [2.05, 4.69) is 31.3 Å². The Morgan fingerprint density at radius 3 is 1.15 bits per heavy atom.